The van der Waals surface area contributed by atoms with Gasteiger partial charge in [0.2, 0.25) is 5.91 Å². The topological polar surface area (TPSA) is 50.2 Å². The monoisotopic (exact) mass is 394 g/mol. The quantitative estimate of drug-likeness (QED) is 0.791. The first kappa shape index (κ1) is 20.1. The zero-order valence-electron chi connectivity index (χ0n) is 17.4. The van der Waals surface area contributed by atoms with E-state index in [2.05, 4.69) is 15.3 Å². The summed E-state index contributed by atoms with van der Waals surface area (Å²) < 4.78 is 2.04. The molecule has 2 fully saturated rings. The highest BCUT2D eigenvalue weighted by atomic mass is 16.1. The predicted octanol–water partition coefficient (Wildman–Crippen LogP) is 4.81. The van der Waals surface area contributed by atoms with Gasteiger partial charge in [-0.3, -0.25) is 4.79 Å². The molecule has 156 valence electrons. The minimum Gasteiger partial charge on any atom is -0.311 e. The van der Waals surface area contributed by atoms with E-state index >= 15 is 0 Å². The number of rotatable bonds is 5. The molecule has 1 aromatic heterocycles. The number of aromatic nitrogens is 2. The van der Waals surface area contributed by atoms with Crippen molar-refractivity contribution in [2.45, 2.75) is 76.3 Å². The first-order chi connectivity index (χ1) is 14.3. The number of benzene rings is 1. The molecular formula is C24H34N4O. The highest BCUT2D eigenvalue weighted by Crippen LogP contribution is 2.29. The van der Waals surface area contributed by atoms with Gasteiger partial charge in [0.15, 0.2) is 0 Å². The van der Waals surface area contributed by atoms with Gasteiger partial charge in [0.25, 0.3) is 0 Å². The summed E-state index contributed by atoms with van der Waals surface area (Å²) in [6.07, 6.45) is 14.2. The molecule has 0 atom stereocenters. The summed E-state index contributed by atoms with van der Waals surface area (Å²) in [5.74, 6) is 0.847. The highest BCUT2D eigenvalue weighted by Gasteiger charge is 2.27. The van der Waals surface area contributed by atoms with E-state index < -0.39 is 0 Å². The van der Waals surface area contributed by atoms with Crippen LogP contribution in [0.4, 0.5) is 5.82 Å². The van der Waals surface area contributed by atoms with E-state index in [1.54, 1.807) is 6.20 Å². The van der Waals surface area contributed by atoms with E-state index in [9.17, 15) is 4.79 Å². The van der Waals surface area contributed by atoms with E-state index in [1.165, 1.54) is 44.9 Å². The Labute approximate surface area is 174 Å². The number of nitrogens with one attached hydrogen (secondary N) is 1. The number of amides is 1. The van der Waals surface area contributed by atoms with Crippen LogP contribution in [0.25, 0.3) is 0 Å². The summed E-state index contributed by atoms with van der Waals surface area (Å²) in [6, 6.07) is 13.0. The lowest BCUT2D eigenvalue weighted by molar-refractivity contribution is -0.115. The number of piperidine rings is 1. The van der Waals surface area contributed by atoms with Crippen molar-refractivity contribution in [3.8, 4) is 0 Å². The first-order valence-corrected chi connectivity index (χ1v) is 11.4. The van der Waals surface area contributed by atoms with Crippen molar-refractivity contribution >= 4 is 11.7 Å². The largest absolute Gasteiger partial charge is 0.311 e. The molecule has 4 rings (SSSR count). The molecule has 1 aromatic carbocycles. The number of nitrogens with zero attached hydrogens (tertiary/aromatic N) is 3. The fourth-order valence-corrected chi connectivity index (χ4v) is 4.97. The van der Waals surface area contributed by atoms with Crippen LogP contribution in [0.5, 0.6) is 0 Å². The maximum Gasteiger partial charge on any atom is 0.229 e. The zero-order chi connectivity index (χ0) is 19.9. The van der Waals surface area contributed by atoms with Gasteiger partial charge in [-0.05, 0) is 31.2 Å². The van der Waals surface area contributed by atoms with E-state index in [0.29, 0.717) is 12.5 Å². The lowest BCUT2D eigenvalue weighted by Crippen LogP contribution is -2.42. The van der Waals surface area contributed by atoms with Gasteiger partial charge in [-0.25, -0.2) is 4.68 Å². The van der Waals surface area contributed by atoms with Crippen LogP contribution in [-0.4, -0.2) is 39.7 Å². The van der Waals surface area contributed by atoms with Gasteiger partial charge in [0.05, 0.1) is 18.7 Å². The molecule has 1 aliphatic carbocycles. The highest BCUT2D eigenvalue weighted by molar-refractivity contribution is 5.91. The molecular weight excluding hydrogens is 360 g/mol. The van der Waals surface area contributed by atoms with Crippen molar-refractivity contribution in [1.29, 1.82) is 0 Å². The molecule has 2 aliphatic rings. The van der Waals surface area contributed by atoms with Gasteiger partial charge in [-0.2, -0.15) is 5.10 Å². The second-order valence-electron chi connectivity index (χ2n) is 8.64. The first-order valence-electron chi connectivity index (χ1n) is 11.4. The Morgan fingerprint density at radius 2 is 1.59 bits per heavy atom. The third-order valence-corrected chi connectivity index (χ3v) is 6.58. The number of carbonyl (C=O) groups is 1. The molecule has 0 spiro atoms. The smallest absolute Gasteiger partial charge is 0.229 e. The average molecular weight is 395 g/mol. The standard InChI is InChI=1S/C24H34N4O/c29-24(19-20-9-5-4-6-10-20)26-23-13-16-25-28(23)22-14-17-27(18-15-22)21-11-7-2-1-3-8-12-21/h4-6,9-10,13,16,21-22H,1-3,7-8,11-12,14-15,17-19H2,(H,26,29). The Morgan fingerprint density at radius 3 is 2.31 bits per heavy atom. The predicted molar refractivity (Wildman–Crippen MR) is 117 cm³/mol. The average Bonchev–Trinajstić information content (AvgIpc) is 3.17. The van der Waals surface area contributed by atoms with Crippen molar-refractivity contribution < 1.29 is 4.79 Å². The minimum absolute atomic E-state index is 0.0184. The van der Waals surface area contributed by atoms with Crippen LogP contribution < -0.4 is 5.32 Å². The maximum absolute atomic E-state index is 12.5. The molecule has 29 heavy (non-hydrogen) atoms. The van der Waals surface area contributed by atoms with Crippen LogP contribution in [0, 0.1) is 0 Å². The lowest BCUT2D eigenvalue weighted by atomic mass is 9.93. The van der Waals surface area contributed by atoms with Crippen LogP contribution >= 0.6 is 0 Å². The van der Waals surface area contributed by atoms with Crippen LogP contribution in [0.3, 0.4) is 0 Å². The fraction of sp³-hybridized carbons (Fsp3) is 0.583. The lowest BCUT2D eigenvalue weighted by Gasteiger charge is -2.38. The molecule has 0 radical (unpaired) electrons. The Bertz CT molecular complexity index is 756. The molecule has 1 saturated heterocycles. The molecule has 1 N–H and O–H groups in total. The van der Waals surface area contributed by atoms with Crippen LogP contribution in [0.1, 0.15) is 69.4 Å². The summed E-state index contributed by atoms with van der Waals surface area (Å²) in [4.78, 5) is 15.2. The van der Waals surface area contributed by atoms with Crippen LogP contribution in [-0.2, 0) is 11.2 Å². The summed E-state index contributed by atoms with van der Waals surface area (Å²) in [5, 5.41) is 7.62. The normalized spacial score (nSPS) is 20.1. The van der Waals surface area contributed by atoms with Crippen LogP contribution in [0.2, 0.25) is 0 Å². The van der Waals surface area contributed by atoms with Gasteiger partial charge in [0.1, 0.15) is 5.82 Å². The van der Waals surface area contributed by atoms with Crippen LogP contribution in [0.15, 0.2) is 42.6 Å². The molecule has 1 amide bonds. The third-order valence-electron chi connectivity index (χ3n) is 6.58. The Morgan fingerprint density at radius 1 is 0.897 bits per heavy atom. The fourth-order valence-electron chi connectivity index (χ4n) is 4.97. The van der Waals surface area contributed by atoms with Gasteiger partial charge in [0, 0.05) is 25.2 Å². The Kier molecular flexibility index (Phi) is 6.99. The number of anilines is 1. The van der Waals surface area contributed by atoms with Gasteiger partial charge in [-0.1, -0.05) is 62.4 Å². The number of likely N-dealkylation sites (tertiary alicyclic amines) is 1. The van der Waals surface area contributed by atoms with E-state index in [0.717, 1.165) is 43.4 Å². The molecule has 1 saturated carbocycles. The molecule has 0 bridgehead atoms. The van der Waals surface area contributed by atoms with E-state index in [1.807, 2.05) is 41.1 Å². The number of carbonyl (C=O) groups excluding carboxylic acids is 1. The van der Waals surface area contributed by atoms with Crippen molar-refractivity contribution in [2.75, 3.05) is 18.4 Å². The SMILES string of the molecule is O=C(Cc1ccccc1)Nc1ccnn1C1CCN(C2CCCCCCC2)CC1. The molecule has 0 unspecified atom stereocenters. The van der Waals surface area contributed by atoms with Crippen molar-refractivity contribution in [3.05, 3.63) is 48.2 Å². The molecule has 5 heteroatoms. The van der Waals surface area contributed by atoms with Gasteiger partial charge >= 0.3 is 0 Å². The minimum atomic E-state index is 0.0184. The van der Waals surface area contributed by atoms with E-state index in [-0.39, 0.29) is 5.91 Å². The maximum atomic E-state index is 12.5. The zero-order valence-corrected chi connectivity index (χ0v) is 17.4. The Balaban J connectivity index is 1.31. The molecule has 2 aromatic rings. The van der Waals surface area contributed by atoms with Crippen molar-refractivity contribution in [1.82, 2.24) is 14.7 Å². The molecule has 5 nitrogen and oxygen atoms in total. The second-order valence-corrected chi connectivity index (χ2v) is 8.64. The van der Waals surface area contributed by atoms with Gasteiger partial charge in [-0.15, -0.1) is 0 Å². The summed E-state index contributed by atoms with van der Waals surface area (Å²) in [7, 11) is 0. The summed E-state index contributed by atoms with van der Waals surface area (Å²) in [5.41, 5.74) is 1.03. The molecule has 1 aliphatic heterocycles. The summed E-state index contributed by atoms with van der Waals surface area (Å²) >= 11 is 0. The third kappa shape index (κ3) is 5.47. The Hall–Kier alpha value is -2.14. The second kappa shape index (κ2) is 10.1. The van der Waals surface area contributed by atoms with E-state index in [4.69, 9.17) is 0 Å². The van der Waals surface area contributed by atoms with Crippen molar-refractivity contribution in [2.24, 2.45) is 0 Å². The molecule has 2 heterocycles. The van der Waals surface area contributed by atoms with Gasteiger partial charge < -0.3 is 10.2 Å². The summed E-state index contributed by atoms with van der Waals surface area (Å²) in [6.45, 7) is 2.29. The van der Waals surface area contributed by atoms with Crippen molar-refractivity contribution in [3.63, 3.8) is 0 Å². The number of hydrogen-bond donors (Lipinski definition) is 1. The number of hydrogen-bond acceptors (Lipinski definition) is 3.